The van der Waals surface area contributed by atoms with Gasteiger partial charge in [-0.15, -0.1) is 0 Å². The molecular formula is C22H18ClF3N2O5S. The van der Waals surface area contributed by atoms with Gasteiger partial charge in [0.1, 0.15) is 5.60 Å². The minimum absolute atomic E-state index is 0.0710. The normalized spacial score (nSPS) is 27.6. The maximum atomic E-state index is 13.4. The molecule has 6 rings (SSSR count). The van der Waals surface area contributed by atoms with E-state index in [2.05, 4.69) is 10.6 Å². The van der Waals surface area contributed by atoms with E-state index in [1.54, 1.807) is 0 Å². The number of ether oxygens (including phenoxy) is 1. The van der Waals surface area contributed by atoms with Gasteiger partial charge in [0.25, 0.3) is 5.91 Å². The number of anilines is 1. The Kier molecular flexibility index (Phi) is 5.32. The first-order valence-electron chi connectivity index (χ1n) is 10.5. The third-order valence-electron chi connectivity index (χ3n) is 7.02. The summed E-state index contributed by atoms with van der Waals surface area (Å²) in [5.74, 6) is -5.68. The van der Waals surface area contributed by atoms with E-state index in [-0.39, 0.29) is 45.8 Å². The number of fused-ring (bicyclic) bond motifs is 2. The van der Waals surface area contributed by atoms with Crippen LogP contribution in [-0.2, 0) is 14.6 Å². The van der Waals surface area contributed by atoms with Crippen LogP contribution in [0.2, 0.25) is 5.02 Å². The van der Waals surface area contributed by atoms with Crippen molar-refractivity contribution in [2.75, 3.05) is 11.9 Å². The van der Waals surface area contributed by atoms with E-state index >= 15 is 0 Å². The Balaban J connectivity index is 1.37. The van der Waals surface area contributed by atoms with Crippen LogP contribution in [0.1, 0.15) is 29.6 Å². The molecule has 0 aromatic heterocycles. The van der Waals surface area contributed by atoms with Crippen molar-refractivity contribution in [3.63, 3.8) is 0 Å². The van der Waals surface area contributed by atoms with Crippen LogP contribution >= 0.6 is 11.6 Å². The molecule has 0 radical (unpaired) electrons. The average molecular weight is 515 g/mol. The number of carbonyl (C=O) groups is 2. The fraction of sp³-hybridized carbons (Fsp3) is 0.364. The first-order valence-corrected chi connectivity index (χ1v) is 12.4. The zero-order chi connectivity index (χ0) is 24.4. The van der Waals surface area contributed by atoms with Gasteiger partial charge >= 0.3 is 6.09 Å². The summed E-state index contributed by atoms with van der Waals surface area (Å²) in [5.41, 5.74) is -1.11. The zero-order valence-electron chi connectivity index (χ0n) is 17.4. The summed E-state index contributed by atoms with van der Waals surface area (Å²) in [5, 5.41) is 4.02. The van der Waals surface area contributed by atoms with Crippen LogP contribution in [0.5, 0.6) is 0 Å². The Morgan fingerprint density at radius 2 is 1.74 bits per heavy atom. The van der Waals surface area contributed by atoms with E-state index in [1.165, 1.54) is 12.1 Å². The van der Waals surface area contributed by atoms with Crippen LogP contribution in [0.3, 0.4) is 0 Å². The van der Waals surface area contributed by atoms with Gasteiger partial charge in [0, 0.05) is 35.2 Å². The van der Waals surface area contributed by atoms with Crippen molar-refractivity contribution >= 4 is 39.1 Å². The lowest BCUT2D eigenvalue weighted by Crippen LogP contribution is -2.63. The van der Waals surface area contributed by atoms with Crippen LogP contribution in [0, 0.1) is 29.3 Å². The topological polar surface area (TPSA) is 102 Å². The molecule has 2 amide bonds. The predicted octanol–water partition coefficient (Wildman–Crippen LogP) is 4.06. The Morgan fingerprint density at radius 3 is 2.32 bits per heavy atom. The highest BCUT2D eigenvalue weighted by molar-refractivity contribution is 7.92. The predicted molar refractivity (Wildman–Crippen MR) is 115 cm³/mol. The van der Waals surface area contributed by atoms with Gasteiger partial charge in [-0.2, -0.15) is 0 Å². The van der Waals surface area contributed by atoms with Crippen molar-refractivity contribution in [3.05, 3.63) is 58.4 Å². The second-order valence-electron chi connectivity index (χ2n) is 8.82. The number of alkyl carbamates (subject to hydrolysis) is 1. The third-order valence-corrected chi connectivity index (χ3v) is 9.67. The molecule has 2 N–H and O–H groups in total. The summed E-state index contributed by atoms with van der Waals surface area (Å²) >= 11 is 6.18. The lowest BCUT2D eigenvalue weighted by atomic mass is 9.54. The van der Waals surface area contributed by atoms with Gasteiger partial charge in [0.2, 0.25) is 0 Å². The number of rotatable bonds is 4. The number of benzene rings is 2. The molecule has 1 saturated heterocycles. The summed E-state index contributed by atoms with van der Waals surface area (Å²) in [6, 6.07) is 4.85. The molecule has 3 aliphatic carbocycles. The second kappa shape index (κ2) is 7.88. The number of amides is 2. The highest BCUT2D eigenvalue weighted by Crippen LogP contribution is 2.58. The Hall–Kier alpha value is -2.79. The molecule has 34 heavy (non-hydrogen) atoms. The summed E-state index contributed by atoms with van der Waals surface area (Å²) in [6.45, 7) is 0.356. The van der Waals surface area contributed by atoms with Crippen LogP contribution < -0.4 is 10.6 Å². The average Bonchev–Trinajstić information content (AvgIpc) is 3.22. The van der Waals surface area contributed by atoms with E-state index in [0.29, 0.717) is 18.7 Å². The van der Waals surface area contributed by atoms with Crippen molar-refractivity contribution in [1.82, 2.24) is 5.32 Å². The molecule has 1 aliphatic heterocycles. The van der Waals surface area contributed by atoms with Crippen LogP contribution in [0.25, 0.3) is 0 Å². The first-order chi connectivity index (χ1) is 16.0. The van der Waals surface area contributed by atoms with Crippen LogP contribution in [-0.4, -0.2) is 37.8 Å². The SMILES string of the molecule is O=C1NCC2(O1)C1CC2CC(S(=O)(=O)c2cc(C(=O)Nc3cc(F)c(F)c(F)c3)ccc2Cl)C1. The highest BCUT2D eigenvalue weighted by atomic mass is 35.5. The van der Waals surface area contributed by atoms with E-state index in [4.69, 9.17) is 16.3 Å². The largest absolute Gasteiger partial charge is 0.440 e. The molecule has 1 heterocycles. The van der Waals surface area contributed by atoms with Gasteiger partial charge in [-0.05, 0) is 37.5 Å². The van der Waals surface area contributed by atoms with Gasteiger partial charge in [-0.3, -0.25) is 4.79 Å². The smallest absolute Gasteiger partial charge is 0.407 e. The molecule has 7 nitrogen and oxygen atoms in total. The Morgan fingerprint density at radius 1 is 1.09 bits per heavy atom. The molecule has 4 aliphatic rings. The van der Waals surface area contributed by atoms with Crippen LogP contribution in [0.15, 0.2) is 35.2 Å². The van der Waals surface area contributed by atoms with Gasteiger partial charge in [0.15, 0.2) is 27.3 Å². The maximum Gasteiger partial charge on any atom is 0.407 e. The first kappa shape index (κ1) is 23.0. The zero-order valence-corrected chi connectivity index (χ0v) is 19.0. The molecule has 2 bridgehead atoms. The van der Waals surface area contributed by atoms with Crippen molar-refractivity contribution in [3.8, 4) is 0 Å². The van der Waals surface area contributed by atoms with Crippen molar-refractivity contribution < 1.29 is 35.9 Å². The monoisotopic (exact) mass is 514 g/mol. The number of nitrogens with one attached hydrogen (secondary N) is 2. The summed E-state index contributed by atoms with van der Waals surface area (Å²) in [7, 11) is -3.95. The third kappa shape index (κ3) is 3.52. The quantitative estimate of drug-likeness (QED) is 0.599. The minimum atomic E-state index is -3.95. The number of hydrogen-bond donors (Lipinski definition) is 2. The van der Waals surface area contributed by atoms with Crippen LogP contribution in [0.4, 0.5) is 23.7 Å². The van der Waals surface area contributed by atoms with Crippen molar-refractivity contribution in [2.24, 2.45) is 11.8 Å². The fourth-order valence-electron chi connectivity index (χ4n) is 5.27. The summed E-state index contributed by atoms with van der Waals surface area (Å²) < 4.78 is 72.4. The molecule has 2 aromatic carbocycles. The summed E-state index contributed by atoms with van der Waals surface area (Å²) in [6.07, 6.45) is 0.837. The fourth-order valence-corrected chi connectivity index (χ4v) is 7.68. The molecular weight excluding hydrogens is 497 g/mol. The Bertz CT molecular complexity index is 1300. The molecule has 2 unspecified atom stereocenters. The number of hydrogen-bond acceptors (Lipinski definition) is 5. The molecule has 2 atom stereocenters. The minimum Gasteiger partial charge on any atom is -0.440 e. The maximum absolute atomic E-state index is 13.4. The second-order valence-corrected chi connectivity index (χ2v) is 11.4. The molecule has 12 heteroatoms. The van der Waals surface area contributed by atoms with Gasteiger partial charge < -0.3 is 15.4 Å². The molecule has 1 spiro atoms. The van der Waals surface area contributed by atoms with Gasteiger partial charge in [-0.1, -0.05) is 11.6 Å². The van der Waals surface area contributed by atoms with Gasteiger partial charge in [0.05, 0.1) is 21.7 Å². The molecule has 2 aromatic rings. The van der Waals surface area contributed by atoms with Crippen molar-refractivity contribution in [2.45, 2.75) is 35.0 Å². The van der Waals surface area contributed by atoms with Crippen molar-refractivity contribution in [1.29, 1.82) is 0 Å². The molecule has 180 valence electrons. The number of carbonyl (C=O) groups excluding carboxylic acids is 2. The molecule has 4 fully saturated rings. The van der Waals surface area contributed by atoms with E-state index in [1.807, 2.05) is 0 Å². The van der Waals surface area contributed by atoms with Gasteiger partial charge in [-0.25, -0.2) is 26.4 Å². The number of halogens is 4. The lowest BCUT2D eigenvalue weighted by Gasteiger charge is -2.57. The summed E-state index contributed by atoms with van der Waals surface area (Å²) in [4.78, 5) is 23.9. The number of sulfone groups is 1. The van der Waals surface area contributed by atoms with E-state index in [0.717, 1.165) is 12.5 Å². The molecule has 3 saturated carbocycles. The highest BCUT2D eigenvalue weighted by Gasteiger charge is 2.65. The lowest BCUT2D eigenvalue weighted by molar-refractivity contribution is -0.149. The Labute approximate surface area is 197 Å². The van der Waals surface area contributed by atoms with E-state index < -0.39 is 50.1 Å². The van der Waals surface area contributed by atoms with E-state index in [9.17, 15) is 31.2 Å². The standard InChI is InChI=1S/C22H18ClF3N2O5S/c23-15-2-1-10(20(29)28-13-7-16(24)19(26)17(25)8-13)3-18(15)34(31,32)14-5-11-4-12(6-14)22(11)9-27-21(30)33-22/h1-3,7-8,11-12,14H,4-6,9H2,(H,27,30)(H,28,29).